The summed E-state index contributed by atoms with van der Waals surface area (Å²) in [6.07, 6.45) is 0. The van der Waals surface area contributed by atoms with Crippen LogP contribution in [-0.4, -0.2) is 21.5 Å². The molecule has 0 bridgehead atoms. The molecular weight excluding hydrogens is 230 g/mol. The highest BCUT2D eigenvalue weighted by Crippen LogP contribution is 2.17. The molecule has 3 N–H and O–H groups in total. The summed E-state index contributed by atoms with van der Waals surface area (Å²) < 4.78 is 5.23. The predicted molar refractivity (Wildman–Crippen MR) is 68.9 cm³/mol. The van der Waals surface area contributed by atoms with Crippen LogP contribution in [0, 0.1) is 0 Å². The smallest absolute Gasteiger partial charge is 0.331 e. The van der Waals surface area contributed by atoms with Crippen LogP contribution in [0.2, 0.25) is 0 Å². The number of benzene rings is 1. The Bertz CT molecular complexity index is 536. The Labute approximate surface area is 105 Å². The van der Waals surface area contributed by atoms with E-state index in [1.165, 1.54) is 0 Å². The lowest BCUT2D eigenvalue weighted by molar-refractivity contribution is -0.156. The van der Waals surface area contributed by atoms with E-state index in [1.54, 1.807) is 20.8 Å². The lowest BCUT2D eigenvalue weighted by Crippen LogP contribution is -2.32. The van der Waals surface area contributed by atoms with Crippen LogP contribution in [0.5, 0.6) is 0 Å². The van der Waals surface area contributed by atoms with Crippen molar-refractivity contribution < 1.29 is 9.53 Å². The number of imidazole rings is 1. The summed E-state index contributed by atoms with van der Waals surface area (Å²) in [6.45, 7) is 5.41. The number of carbonyl (C=O) groups is 1. The Kier molecular flexibility index (Phi) is 3.09. The number of hydrogen-bond acceptors (Lipinski definition) is 4. The number of aromatic nitrogens is 2. The standard InChI is InChI=1S/C13H17N3O2/c1-13(2,3)18-12(17)10(14)11-15-8-6-4-5-7-9(8)16-11/h4-7,10H,14H2,1-3H3,(H,15,16). The molecule has 0 saturated carbocycles. The van der Waals surface area contributed by atoms with E-state index in [0.717, 1.165) is 11.0 Å². The molecule has 1 atom stereocenters. The monoisotopic (exact) mass is 247 g/mol. The van der Waals surface area contributed by atoms with Crippen LogP contribution in [0.3, 0.4) is 0 Å². The van der Waals surface area contributed by atoms with Gasteiger partial charge in [-0.25, -0.2) is 9.78 Å². The van der Waals surface area contributed by atoms with Gasteiger partial charge in [-0.1, -0.05) is 12.1 Å². The lowest BCUT2D eigenvalue weighted by atomic mass is 10.2. The first kappa shape index (κ1) is 12.6. The number of H-pyrrole nitrogens is 1. The van der Waals surface area contributed by atoms with Crippen molar-refractivity contribution in [3.8, 4) is 0 Å². The van der Waals surface area contributed by atoms with E-state index in [1.807, 2.05) is 24.3 Å². The van der Waals surface area contributed by atoms with Gasteiger partial charge < -0.3 is 15.5 Å². The number of ether oxygens (including phenoxy) is 1. The Morgan fingerprint density at radius 2 is 2.06 bits per heavy atom. The van der Waals surface area contributed by atoms with Crippen molar-refractivity contribution in [3.63, 3.8) is 0 Å². The number of carbonyl (C=O) groups excluding carboxylic acids is 1. The highest BCUT2D eigenvalue weighted by molar-refractivity contribution is 5.80. The molecular formula is C13H17N3O2. The summed E-state index contributed by atoms with van der Waals surface area (Å²) in [4.78, 5) is 19.1. The van der Waals surface area contributed by atoms with E-state index in [4.69, 9.17) is 10.5 Å². The molecule has 1 aromatic heterocycles. The maximum atomic E-state index is 11.8. The number of hydrogen-bond donors (Lipinski definition) is 2. The molecule has 2 rings (SSSR count). The average molecular weight is 247 g/mol. The van der Waals surface area contributed by atoms with Crippen molar-refractivity contribution >= 4 is 17.0 Å². The predicted octanol–water partition coefficient (Wildman–Crippen LogP) is 1.90. The van der Waals surface area contributed by atoms with Gasteiger partial charge in [0.05, 0.1) is 11.0 Å². The number of aromatic amines is 1. The Hall–Kier alpha value is -1.88. The minimum Gasteiger partial charge on any atom is -0.458 e. The molecule has 1 unspecified atom stereocenters. The molecule has 0 amide bonds. The number of nitrogens with zero attached hydrogens (tertiary/aromatic N) is 1. The molecule has 0 aliphatic rings. The van der Waals surface area contributed by atoms with Gasteiger partial charge >= 0.3 is 5.97 Å². The van der Waals surface area contributed by atoms with Crippen LogP contribution < -0.4 is 5.73 Å². The first-order valence-electron chi connectivity index (χ1n) is 5.80. The number of nitrogens with two attached hydrogens (primary N) is 1. The first-order chi connectivity index (χ1) is 8.37. The Balaban J connectivity index is 2.23. The zero-order valence-corrected chi connectivity index (χ0v) is 10.7. The average Bonchev–Trinajstić information content (AvgIpc) is 2.68. The van der Waals surface area contributed by atoms with Crippen LogP contribution in [-0.2, 0) is 9.53 Å². The van der Waals surface area contributed by atoms with Gasteiger partial charge in [-0.15, -0.1) is 0 Å². The number of esters is 1. The molecule has 18 heavy (non-hydrogen) atoms. The van der Waals surface area contributed by atoms with Crippen molar-refractivity contribution in [1.29, 1.82) is 0 Å². The molecule has 0 saturated heterocycles. The molecule has 1 heterocycles. The number of fused-ring (bicyclic) bond motifs is 1. The quantitative estimate of drug-likeness (QED) is 0.794. The normalized spacial score (nSPS) is 13.6. The first-order valence-corrected chi connectivity index (χ1v) is 5.80. The SMILES string of the molecule is CC(C)(C)OC(=O)C(N)c1nc2ccccc2[nH]1. The molecule has 5 nitrogen and oxygen atoms in total. The molecule has 0 radical (unpaired) electrons. The van der Waals surface area contributed by atoms with E-state index in [9.17, 15) is 4.79 Å². The van der Waals surface area contributed by atoms with E-state index >= 15 is 0 Å². The van der Waals surface area contributed by atoms with Crippen molar-refractivity contribution in [2.45, 2.75) is 32.4 Å². The summed E-state index contributed by atoms with van der Waals surface area (Å²) in [5.41, 5.74) is 6.92. The fraction of sp³-hybridized carbons (Fsp3) is 0.385. The molecule has 0 aliphatic carbocycles. The molecule has 0 fully saturated rings. The van der Waals surface area contributed by atoms with Gasteiger partial charge in [-0.3, -0.25) is 0 Å². The van der Waals surface area contributed by atoms with Crippen molar-refractivity contribution in [2.24, 2.45) is 5.73 Å². The van der Waals surface area contributed by atoms with Crippen LogP contribution in [0.4, 0.5) is 0 Å². The molecule has 0 spiro atoms. The summed E-state index contributed by atoms with van der Waals surface area (Å²) in [5, 5.41) is 0. The summed E-state index contributed by atoms with van der Waals surface area (Å²) in [5.74, 6) is -0.0630. The molecule has 1 aromatic carbocycles. The third kappa shape index (κ3) is 2.68. The van der Waals surface area contributed by atoms with Crippen LogP contribution in [0.25, 0.3) is 11.0 Å². The summed E-state index contributed by atoms with van der Waals surface area (Å²) in [7, 11) is 0. The van der Waals surface area contributed by atoms with E-state index in [-0.39, 0.29) is 0 Å². The fourth-order valence-electron chi connectivity index (χ4n) is 1.60. The van der Waals surface area contributed by atoms with E-state index < -0.39 is 17.6 Å². The minimum absolute atomic E-state index is 0.422. The molecule has 96 valence electrons. The van der Waals surface area contributed by atoms with Crippen molar-refractivity contribution in [2.75, 3.05) is 0 Å². The zero-order valence-electron chi connectivity index (χ0n) is 10.7. The highest BCUT2D eigenvalue weighted by Gasteiger charge is 2.25. The minimum atomic E-state index is -0.892. The molecule has 0 aliphatic heterocycles. The van der Waals surface area contributed by atoms with Gasteiger partial charge in [-0.2, -0.15) is 0 Å². The van der Waals surface area contributed by atoms with Crippen molar-refractivity contribution in [3.05, 3.63) is 30.1 Å². The summed E-state index contributed by atoms with van der Waals surface area (Å²) in [6, 6.07) is 6.62. The lowest BCUT2D eigenvalue weighted by Gasteiger charge is -2.21. The van der Waals surface area contributed by atoms with Gasteiger partial charge in [0.15, 0.2) is 6.04 Å². The van der Waals surface area contributed by atoms with Gasteiger partial charge in [0.2, 0.25) is 0 Å². The third-order valence-corrected chi connectivity index (χ3v) is 2.36. The van der Waals surface area contributed by atoms with E-state index in [2.05, 4.69) is 9.97 Å². The molecule has 2 aromatic rings. The second-order valence-corrected chi connectivity index (χ2v) is 5.15. The second kappa shape index (κ2) is 4.42. The van der Waals surface area contributed by atoms with Gasteiger partial charge in [0, 0.05) is 0 Å². The van der Waals surface area contributed by atoms with Crippen LogP contribution >= 0.6 is 0 Å². The van der Waals surface area contributed by atoms with Gasteiger partial charge in [0.1, 0.15) is 11.4 Å². The van der Waals surface area contributed by atoms with Gasteiger partial charge in [-0.05, 0) is 32.9 Å². The maximum absolute atomic E-state index is 11.8. The largest absolute Gasteiger partial charge is 0.458 e. The van der Waals surface area contributed by atoms with E-state index in [0.29, 0.717) is 5.82 Å². The molecule has 5 heteroatoms. The second-order valence-electron chi connectivity index (χ2n) is 5.15. The Morgan fingerprint density at radius 3 is 2.67 bits per heavy atom. The zero-order chi connectivity index (χ0) is 13.3. The van der Waals surface area contributed by atoms with Crippen molar-refractivity contribution in [1.82, 2.24) is 9.97 Å². The third-order valence-electron chi connectivity index (χ3n) is 2.36. The topological polar surface area (TPSA) is 81.0 Å². The highest BCUT2D eigenvalue weighted by atomic mass is 16.6. The maximum Gasteiger partial charge on any atom is 0.331 e. The fourth-order valence-corrected chi connectivity index (χ4v) is 1.60. The number of rotatable bonds is 2. The number of nitrogens with one attached hydrogen (secondary N) is 1. The van der Waals surface area contributed by atoms with Crippen LogP contribution in [0.1, 0.15) is 32.6 Å². The Morgan fingerprint density at radius 1 is 1.39 bits per heavy atom. The van der Waals surface area contributed by atoms with Gasteiger partial charge in [0.25, 0.3) is 0 Å². The van der Waals surface area contributed by atoms with Crippen LogP contribution in [0.15, 0.2) is 24.3 Å². The number of para-hydroxylation sites is 2. The summed E-state index contributed by atoms with van der Waals surface area (Å²) >= 11 is 0.